The predicted molar refractivity (Wildman–Crippen MR) is 114 cm³/mol. The van der Waals surface area contributed by atoms with E-state index in [0.29, 0.717) is 35.0 Å². The van der Waals surface area contributed by atoms with Gasteiger partial charge in [-0.05, 0) is 42.8 Å². The molecule has 0 aromatic heterocycles. The Morgan fingerprint density at radius 2 is 1.77 bits per heavy atom. The van der Waals surface area contributed by atoms with Gasteiger partial charge in [0.1, 0.15) is 5.75 Å². The number of hydrogen-bond donors (Lipinski definition) is 3. The first-order valence-electron chi connectivity index (χ1n) is 9.33. The second kappa shape index (κ2) is 11.9. The summed E-state index contributed by atoms with van der Waals surface area (Å²) in [4.78, 5) is 23.5. The van der Waals surface area contributed by atoms with Crippen LogP contribution in [0.1, 0.15) is 12.5 Å². The maximum absolute atomic E-state index is 12.0. The molecule has 0 aliphatic rings. The molecule has 0 spiro atoms. The molecule has 0 aliphatic heterocycles. The zero-order valence-corrected chi connectivity index (χ0v) is 17.2. The van der Waals surface area contributed by atoms with E-state index in [4.69, 9.17) is 14.2 Å². The summed E-state index contributed by atoms with van der Waals surface area (Å²) in [6.45, 7) is 2.30. The number of benzene rings is 2. The average molecular weight is 414 g/mol. The molecule has 2 aromatic rings. The van der Waals surface area contributed by atoms with E-state index in [9.17, 15) is 9.59 Å². The molecule has 2 rings (SSSR count). The maximum atomic E-state index is 12.0. The van der Waals surface area contributed by atoms with Gasteiger partial charge in [0.15, 0.2) is 18.1 Å². The molecule has 2 aromatic carbocycles. The van der Waals surface area contributed by atoms with E-state index in [1.54, 1.807) is 31.4 Å². The van der Waals surface area contributed by atoms with Crippen molar-refractivity contribution in [1.29, 1.82) is 0 Å². The van der Waals surface area contributed by atoms with Gasteiger partial charge < -0.3 is 24.8 Å². The van der Waals surface area contributed by atoms with Crippen molar-refractivity contribution in [3.63, 3.8) is 0 Å². The number of carbonyl (C=O) groups excluding carboxylic acids is 2. The lowest BCUT2D eigenvalue weighted by molar-refractivity contribution is -0.123. The molecule has 30 heavy (non-hydrogen) atoms. The third-order valence-corrected chi connectivity index (χ3v) is 3.87. The average Bonchev–Trinajstić information content (AvgIpc) is 2.77. The van der Waals surface area contributed by atoms with Crippen LogP contribution in [-0.4, -0.2) is 51.9 Å². The van der Waals surface area contributed by atoms with Crippen LogP contribution >= 0.6 is 0 Å². The number of rotatable bonds is 11. The van der Waals surface area contributed by atoms with Gasteiger partial charge in [0.05, 0.1) is 32.7 Å². The molecule has 2 amide bonds. The number of amides is 2. The minimum absolute atomic E-state index is 0.0354. The molecule has 0 atom stereocenters. The van der Waals surface area contributed by atoms with Crippen LogP contribution in [-0.2, 0) is 9.59 Å². The van der Waals surface area contributed by atoms with Gasteiger partial charge in [0.2, 0.25) is 0 Å². The number of hydrogen-bond acceptors (Lipinski definition) is 7. The van der Waals surface area contributed by atoms with Crippen LogP contribution in [0.4, 0.5) is 5.69 Å². The number of likely N-dealkylation sites (N-methyl/N-ethyl adjacent to an activating group) is 1. The van der Waals surface area contributed by atoms with Crippen LogP contribution in [0.15, 0.2) is 47.6 Å². The Morgan fingerprint density at radius 1 is 1.00 bits per heavy atom. The molecule has 0 bridgehead atoms. The van der Waals surface area contributed by atoms with Crippen molar-refractivity contribution in [3.05, 3.63) is 48.0 Å². The van der Waals surface area contributed by atoms with Crippen LogP contribution in [0.2, 0.25) is 0 Å². The fourth-order valence-electron chi connectivity index (χ4n) is 2.46. The molecule has 9 nitrogen and oxygen atoms in total. The molecule has 0 unspecified atom stereocenters. The third-order valence-electron chi connectivity index (χ3n) is 3.87. The summed E-state index contributed by atoms with van der Waals surface area (Å²) in [6.07, 6.45) is 1.48. The number of para-hydroxylation sites is 2. The highest BCUT2D eigenvalue weighted by atomic mass is 16.5. The lowest BCUT2D eigenvalue weighted by Gasteiger charge is -2.11. The third kappa shape index (κ3) is 7.01. The summed E-state index contributed by atoms with van der Waals surface area (Å²) < 4.78 is 16.0. The molecule has 0 fully saturated rings. The predicted octanol–water partition coefficient (Wildman–Crippen LogP) is 1.78. The quantitative estimate of drug-likeness (QED) is 0.382. The SMILES string of the molecule is CCNC(=O)COc1ccc(/C=N/NC(=O)CNc2ccccc2OC)cc1OC. The number of hydrazone groups is 1. The molecule has 9 heteroatoms. The molecule has 0 saturated heterocycles. The highest BCUT2D eigenvalue weighted by molar-refractivity contribution is 5.85. The first kappa shape index (κ1) is 22.5. The molecular formula is C21H26N4O5. The normalized spacial score (nSPS) is 10.4. The fraction of sp³-hybridized carbons (Fsp3) is 0.286. The Morgan fingerprint density at radius 3 is 2.50 bits per heavy atom. The Balaban J connectivity index is 1.87. The van der Waals surface area contributed by atoms with Crippen molar-refractivity contribution < 1.29 is 23.8 Å². The van der Waals surface area contributed by atoms with E-state index >= 15 is 0 Å². The van der Waals surface area contributed by atoms with Crippen molar-refractivity contribution in [1.82, 2.24) is 10.7 Å². The Labute approximate surface area is 175 Å². The van der Waals surface area contributed by atoms with Crippen LogP contribution in [0.3, 0.4) is 0 Å². The molecule has 0 aliphatic carbocycles. The molecule has 0 radical (unpaired) electrons. The summed E-state index contributed by atoms with van der Waals surface area (Å²) in [6, 6.07) is 12.4. The molecule has 0 saturated carbocycles. The summed E-state index contributed by atoms with van der Waals surface area (Å²) in [5.41, 5.74) is 3.85. The van der Waals surface area contributed by atoms with Crippen molar-refractivity contribution in [2.24, 2.45) is 5.10 Å². The summed E-state index contributed by atoms with van der Waals surface area (Å²) >= 11 is 0. The lowest BCUT2D eigenvalue weighted by Crippen LogP contribution is -2.28. The Bertz CT molecular complexity index is 885. The van der Waals surface area contributed by atoms with Gasteiger partial charge in [-0.2, -0.15) is 5.10 Å². The zero-order chi connectivity index (χ0) is 21.8. The molecule has 0 heterocycles. The van der Waals surface area contributed by atoms with Crippen LogP contribution in [0.25, 0.3) is 0 Å². The van der Waals surface area contributed by atoms with E-state index in [2.05, 4.69) is 21.2 Å². The summed E-state index contributed by atoms with van der Waals surface area (Å²) in [5.74, 6) is 1.01. The number of nitrogens with zero attached hydrogens (tertiary/aromatic N) is 1. The number of carbonyl (C=O) groups is 2. The van der Waals surface area contributed by atoms with Crippen LogP contribution in [0.5, 0.6) is 17.2 Å². The van der Waals surface area contributed by atoms with Crippen LogP contribution in [0, 0.1) is 0 Å². The Kier molecular flexibility index (Phi) is 8.98. The Hall–Kier alpha value is -3.75. The highest BCUT2D eigenvalue weighted by Crippen LogP contribution is 2.27. The monoisotopic (exact) mass is 414 g/mol. The van der Waals surface area contributed by atoms with E-state index in [1.807, 2.05) is 25.1 Å². The van der Waals surface area contributed by atoms with E-state index in [-0.39, 0.29) is 25.0 Å². The van der Waals surface area contributed by atoms with Crippen molar-refractivity contribution in [3.8, 4) is 17.2 Å². The standard InChI is InChI=1S/C21H26N4O5/c1-4-22-21(27)14-30-18-10-9-15(11-19(18)29-3)12-24-25-20(26)13-23-16-7-5-6-8-17(16)28-2/h5-12,23H,4,13-14H2,1-3H3,(H,22,27)(H,25,26)/b24-12+. The second-order valence-corrected chi connectivity index (χ2v) is 6.00. The topological polar surface area (TPSA) is 110 Å². The number of ether oxygens (including phenoxy) is 3. The second-order valence-electron chi connectivity index (χ2n) is 6.00. The smallest absolute Gasteiger partial charge is 0.259 e. The van der Waals surface area contributed by atoms with Gasteiger partial charge in [-0.15, -0.1) is 0 Å². The summed E-state index contributed by atoms with van der Waals surface area (Å²) in [7, 11) is 3.07. The summed E-state index contributed by atoms with van der Waals surface area (Å²) in [5, 5.41) is 9.59. The number of anilines is 1. The highest BCUT2D eigenvalue weighted by Gasteiger charge is 2.08. The van der Waals surface area contributed by atoms with E-state index in [1.165, 1.54) is 13.3 Å². The maximum Gasteiger partial charge on any atom is 0.259 e. The minimum Gasteiger partial charge on any atom is -0.495 e. The van der Waals surface area contributed by atoms with Gasteiger partial charge in [-0.3, -0.25) is 9.59 Å². The van der Waals surface area contributed by atoms with Gasteiger partial charge in [-0.25, -0.2) is 5.43 Å². The van der Waals surface area contributed by atoms with Crippen molar-refractivity contribution >= 4 is 23.7 Å². The first-order valence-corrected chi connectivity index (χ1v) is 9.33. The number of methoxy groups -OCH3 is 2. The van der Waals surface area contributed by atoms with Gasteiger partial charge >= 0.3 is 0 Å². The fourth-order valence-corrected chi connectivity index (χ4v) is 2.46. The van der Waals surface area contributed by atoms with Gasteiger partial charge in [-0.1, -0.05) is 12.1 Å². The largest absolute Gasteiger partial charge is 0.495 e. The minimum atomic E-state index is -0.314. The first-order chi connectivity index (χ1) is 14.6. The van der Waals surface area contributed by atoms with Crippen LogP contribution < -0.4 is 30.3 Å². The van der Waals surface area contributed by atoms with Gasteiger partial charge in [0.25, 0.3) is 11.8 Å². The lowest BCUT2D eigenvalue weighted by atomic mass is 10.2. The van der Waals surface area contributed by atoms with E-state index in [0.717, 1.165) is 0 Å². The van der Waals surface area contributed by atoms with Crippen molar-refractivity contribution in [2.75, 3.05) is 39.2 Å². The van der Waals surface area contributed by atoms with E-state index < -0.39 is 0 Å². The molecule has 160 valence electrons. The zero-order valence-electron chi connectivity index (χ0n) is 17.2. The molecule has 3 N–H and O–H groups in total. The number of nitrogens with one attached hydrogen (secondary N) is 3. The van der Waals surface area contributed by atoms with Crippen molar-refractivity contribution in [2.45, 2.75) is 6.92 Å². The van der Waals surface area contributed by atoms with Gasteiger partial charge in [0, 0.05) is 6.54 Å². The molecular weight excluding hydrogens is 388 g/mol.